The van der Waals surface area contributed by atoms with Crippen molar-refractivity contribution in [1.29, 1.82) is 0 Å². The molecule has 0 fully saturated rings. The smallest absolute Gasteiger partial charge is 0.256 e. The third kappa shape index (κ3) is 2.19. The fraction of sp³-hybridized carbons (Fsp3) is 0.0714. The highest BCUT2D eigenvalue weighted by Crippen LogP contribution is 2.34. The number of fused-ring (bicyclic) bond motifs is 1. The van der Waals surface area contributed by atoms with E-state index in [4.69, 9.17) is 11.6 Å². The van der Waals surface area contributed by atoms with Crippen LogP contribution in [0.15, 0.2) is 35.0 Å². The monoisotopic (exact) mass is 277 g/mol. The van der Waals surface area contributed by atoms with E-state index < -0.39 is 0 Å². The van der Waals surface area contributed by atoms with Crippen LogP contribution in [0.1, 0.15) is 18.6 Å². The summed E-state index contributed by atoms with van der Waals surface area (Å²) in [5, 5.41) is 7.43. The normalized spacial score (nSPS) is 15.2. The second kappa shape index (κ2) is 4.96. The number of thiophene rings is 1. The summed E-state index contributed by atoms with van der Waals surface area (Å²) in [6, 6.07) is 7.41. The summed E-state index contributed by atoms with van der Waals surface area (Å²) in [5.41, 5.74) is 3.42. The predicted octanol–water partition coefficient (Wildman–Crippen LogP) is 4.53. The lowest BCUT2D eigenvalue weighted by Crippen LogP contribution is -2.03. The highest BCUT2D eigenvalue weighted by atomic mass is 35.5. The van der Waals surface area contributed by atoms with Crippen molar-refractivity contribution in [3.8, 4) is 0 Å². The highest BCUT2D eigenvalue weighted by molar-refractivity contribution is 7.08. The summed E-state index contributed by atoms with van der Waals surface area (Å²) >= 11 is 7.50. The summed E-state index contributed by atoms with van der Waals surface area (Å²) in [5.74, 6) is -0.0755. The maximum Gasteiger partial charge on any atom is 0.256 e. The molecule has 0 radical (unpaired) electrons. The van der Waals surface area contributed by atoms with Gasteiger partial charge in [0.2, 0.25) is 0 Å². The Bertz CT molecular complexity index is 617. The molecule has 2 heterocycles. The highest BCUT2D eigenvalue weighted by Gasteiger charge is 2.23. The molecule has 0 spiro atoms. The molecule has 0 unspecified atom stereocenters. The molecule has 1 amide bonds. The van der Waals surface area contributed by atoms with Crippen molar-refractivity contribution in [2.75, 3.05) is 5.32 Å². The molecule has 1 aliphatic rings. The van der Waals surface area contributed by atoms with Gasteiger partial charge in [-0.2, -0.15) is 11.3 Å². The first-order valence-corrected chi connectivity index (χ1v) is 6.41. The number of halogens is 1. The van der Waals surface area contributed by atoms with Gasteiger partial charge in [0.25, 0.3) is 5.91 Å². The molecule has 1 aliphatic heterocycles. The molecule has 2 nitrogen and oxygen atoms in total. The third-order valence-electron chi connectivity index (χ3n) is 2.62. The van der Waals surface area contributed by atoms with E-state index in [2.05, 4.69) is 5.32 Å². The summed E-state index contributed by atoms with van der Waals surface area (Å²) in [6.45, 7) is 0. The SMILES string of the molecule is C.O=C1Nc2cc(Cl)ccc2C1=Cc1ccsc1. The molecule has 1 N–H and O–H groups in total. The number of carbonyl (C=O) groups excluding carboxylic acids is 1. The van der Waals surface area contributed by atoms with Crippen LogP contribution in [0.5, 0.6) is 0 Å². The average molecular weight is 278 g/mol. The van der Waals surface area contributed by atoms with Crippen molar-refractivity contribution in [2.45, 2.75) is 7.43 Å². The van der Waals surface area contributed by atoms with Crippen LogP contribution >= 0.6 is 22.9 Å². The van der Waals surface area contributed by atoms with E-state index in [1.807, 2.05) is 29.0 Å². The Balaban J connectivity index is 0.00000120. The van der Waals surface area contributed by atoms with Crippen molar-refractivity contribution in [1.82, 2.24) is 0 Å². The maximum absolute atomic E-state index is 11.8. The van der Waals surface area contributed by atoms with E-state index in [0.29, 0.717) is 10.6 Å². The summed E-state index contributed by atoms with van der Waals surface area (Å²) in [4.78, 5) is 11.8. The molecule has 4 heteroatoms. The number of hydrogen-bond donors (Lipinski definition) is 1. The zero-order valence-electron chi connectivity index (χ0n) is 8.74. The van der Waals surface area contributed by atoms with Crippen LogP contribution in [0.3, 0.4) is 0 Å². The zero-order valence-corrected chi connectivity index (χ0v) is 10.3. The number of amides is 1. The van der Waals surface area contributed by atoms with E-state index >= 15 is 0 Å². The van der Waals surface area contributed by atoms with Crippen LogP contribution < -0.4 is 5.32 Å². The van der Waals surface area contributed by atoms with Gasteiger partial charge in [-0.25, -0.2) is 0 Å². The minimum Gasteiger partial charge on any atom is -0.321 e. The summed E-state index contributed by atoms with van der Waals surface area (Å²) in [6.07, 6.45) is 1.89. The molecule has 3 rings (SSSR count). The van der Waals surface area contributed by atoms with Gasteiger partial charge in [-0.1, -0.05) is 25.1 Å². The topological polar surface area (TPSA) is 29.1 Å². The number of hydrogen-bond acceptors (Lipinski definition) is 2. The molecule has 1 aromatic carbocycles. The fourth-order valence-electron chi connectivity index (χ4n) is 1.83. The molecule has 1 aromatic heterocycles. The second-order valence-corrected chi connectivity index (χ2v) is 4.98. The average Bonchev–Trinajstić information content (AvgIpc) is 2.88. The number of nitrogens with one attached hydrogen (secondary N) is 1. The Morgan fingerprint density at radius 1 is 1.28 bits per heavy atom. The van der Waals surface area contributed by atoms with Gasteiger partial charge in [0.05, 0.1) is 5.69 Å². The summed E-state index contributed by atoms with van der Waals surface area (Å²) in [7, 11) is 0. The van der Waals surface area contributed by atoms with Crippen molar-refractivity contribution < 1.29 is 4.79 Å². The zero-order chi connectivity index (χ0) is 11.8. The minimum absolute atomic E-state index is 0. The predicted molar refractivity (Wildman–Crippen MR) is 79.0 cm³/mol. The Kier molecular flexibility index (Phi) is 3.55. The fourth-order valence-corrected chi connectivity index (χ4v) is 2.62. The molecular weight excluding hydrogens is 266 g/mol. The molecule has 0 bridgehead atoms. The van der Waals surface area contributed by atoms with Gasteiger partial charge in [0.15, 0.2) is 0 Å². The molecule has 18 heavy (non-hydrogen) atoms. The summed E-state index contributed by atoms with van der Waals surface area (Å²) < 4.78 is 0. The van der Waals surface area contributed by atoms with E-state index in [-0.39, 0.29) is 13.3 Å². The quantitative estimate of drug-likeness (QED) is 0.762. The van der Waals surface area contributed by atoms with Crippen LogP contribution in [-0.2, 0) is 4.79 Å². The lowest BCUT2D eigenvalue weighted by atomic mass is 10.1. The number of anilines is 1. The first-order valence-electron chi connectivity index (χ1n) is 5.09. The Morgan fingerprint density at radius 3 is 2.83 bits per heavy atom. The molecule has 0 saturated heterocycles. The van der Waals surface area contributed by atoms with E-state index in [1.54, 1.807) is 23.5 Å². The van der Waals surface area contributed by atoms with Gasteiger partial charge in [-0.3, -0.25) is 4.79 Å². The lowest BCUT2D eigenvalue weighted by molar-refractivity contribution is -0.110. The van der Waals surface area contributed by atoms with Crippen LogP contribution in [0.2, 0.25) is 5.02 Å². The Hall–Kier alpha value is -1.58. The van der Waals surface area contributed by atoms with E-state index in [1.165, 1.54) is 0 Å². The standard InChI is InChI=1S/C13H8ClNOS.CH4/c14-9-1-2-10-11(5-8-3-4-17-7-8)13(16)15-12(10)6-9;/h1-7H,(H,15,16);1H4. The van der Waals surface area contributed by atoms with E-state index in [9.17, 15) is 4.79 Å². The van der Waals surface area contributed by atoms with Crippen molar-refractivity contribution in [3.05, 3.63) is 51.2 Å². The van der Waals surface area contributed by atoms with Crippen LogP contribution in [0.25, 0.3) is 11.6 Å². The Morgan fingerprint density at radius 2 is 2.11 bits per heavy atom. The van der Waals surface area contributed by atoms with Crippen molar-refractivity contribution >= 4 is 46.2 Å². The van der Waals surface area contributed by atoms with Crippen molar-refractivity contribution in [2.24, 2.45) is 0 Å². The van der Waals surface area contributed by atoms with Crippen LogP contribution in [0.4, 0.5) is 5.69 Å². The van der Waals surface area contributed by atoms with Gasteiger partial charge < -0.3 is 5.32 Å². The number of rotatable bonds is 1. The number of carbonyl (C=O) groups is 1. The van der Waals surface area contributed by atoms with Gasteiger partial charge in [-0.05, 0) is 40.6 Å². The first-order chi connectivity index (χ1) is 8.24. The van der Waals surface area contributed by atoms with Gasteiger partial charge >= 0.3 is 0 Å². The van der Waals surface area contributed by atoms with E-state index in [0.717, 1.165) is 16.8 Å². The van der Waals surface area contributed by atoms with Crippen LogP contribution in [0, 0.1) is 0 Å². The molecule has 0 saturated carbocycles. The van der Waals surface area contributed by atoms with Crippen molar-refractivity contribution in [3.63, 3.8) is 0 Å². The number of benzene rings is 1. The van der Waals surface area contributed by atoms with Crippen LogP contribution in [-0.4, -0.2) is 5.91 Å². The second-order valence-electron chi connectivity index (χ2n) is 3.76. The first kappa shape index (κ1) is 12.9. The maximum atomic E-state index is 11.8. The largest absolute Gasteiger partial charge is 0.321 e. The molecular formula is C14H12ClNOS. The molecule has 0 aliphatic carbocycles. The lowest BCUT2D eigenvalue weighted by Gasteiger charge is -1.98. The van der Waals surface area contributed by atoms with Gasteiger partial charge in [-0.15, -0.1) is 0 Å². The van der Waals surface area contributed by atoms with Gasteiger partial charge in [0.1, 0.15) is 0 Å². The molecule has 92 valence electrons. The molecule has 2 aromatic rings. The van der Waals surface area contributed by atoms with Gasteiger partial charge in [0, 0.05) is 16.2 Å². The third-order valence-corrected chi connectivity index (χ3v) is 3.56. The molecule has 0 atom stereocenters. The Labute approximate surface area is 115 Å². The minimum atomic E-state index is -0.0755.